The first kappa shape index (κ1) is 23.0. The Bertz CT molecular complexity index is 1150. The number of nitrogens with one attached hydrogen (secondary N) is 3. The summed E-state index contributed by atoms with van der Waals surface area (Å²) in [5, 5.41) is 8.03. The van der Waals surface area contributed by atoms with Crippen LogP contribution in [-0.2, 0) is 16.0 Å². The van der Waals surface area contributed by atoms with Crippen LogP contribution in [0.5, 0.6) is 5.75 Å². The van der Waals surface area contributed by atoms with Gasteiger partial charge in [-0.1, -0.05) is 12.1 Å². The SMILES string of the molecule is COc1cccc(CC(=O)NNC(=S)Nc2ccc3c(cnn3C(=O)OC(C)(C)C)c2)c1. The molecule has 0 saturated heterocycles. The molecule has 0 radical (unpaired) electrons. The Morgan fingerprint density at radius 1 is 1.12 bits per heavy atom. The molecule has 0 bridgehead atoms. The fourth-order valence-electron chi connectivity index (χ4n) is 2.86. The van der Waals surface area contributed by atoms with Crippen molar-refractivity contribution in [2.24, 2.45) is 0 Å². The first-order valence-corrected chi connectivity index (χ1v) is 10.3. The summed E-state index contributed by atoms with van der Waals surface area (Å²) in [5.41, 5.74) is 6.70. The molecule has 0 aliphatic rings. The summed E-state index contributed by atoms with van der Waals surface area (Å²) in [6.07, 6.45) is 1.18. The topological polar surface area (TPSA) is 107 Å². The van der Waals surface area contributed by atoms with Crippen molar-refractivity contribution in [3.8, 4) is 5.75 Å². The molecule has 1 aromatic heterocycles. The number of hydrazine groups is 1. The number of fused-ring (bicyclic) bond motifs is 1. The fraction of sp³-hybridized carbons (Fsp3) is 0.273. The normalized spacial score (nSPS) is 11.0. The molecule has 32 heavy (non-hydrogen) atoms. The average Bonchev–Trinajstić information content (AvgIpc) is 3.14. The maximum absolute atomic E-state index is 12.3. The van der Waals surface area contributed by atoms with Gasteiger partial charge in [0.25, 0.3) is 0 Å². The van der Waals surface area contributed by atoms with Gasteiger partial charge in [0.2, 0.25) is 5.91 Å². The minimum atomic E-state index is -0.619. The van der Waals surface area contributed by atoms with Gasteiger partial charge in [0.05, 0.1) is 25.2 Å². The number of carbonyl (C=O) groups excluding carboxylic acids is 2. The molecule has 1 amide bonds. The molecule has 0 aliphatic carbocycles. The van der Waals surface area contributed by atoms with E-state index in [1.165, 1.54) is 4.68 Å². The summed E-state index contributed by atoms with van der Waals surface area (Å²) in [5.74, 6) is 0.433. The minimum Gasteiger partial charge on any atom is -0.497 e. The number of aromatic nitrogens is 2. The third-order valence-electron chi connectivity index (χ3n) is 4.21. The third kappa shape index (κ3) is 6.17. The molecule has 0 atom stereocenters. The van der Waals surface area contributed by atoms with E-state index in [0.717, 1.165) is 10.9 Å². The molecule has 0 unspecified atom stereocenters. The van der Waals surface area contributed by atoms with E-state index in [0.29, 0.717) is 17.0 Å². The number of methoxy groups -OCH3 is 1. The van der Waals surface area contributed by atoms with Crippen molar-refractivity contribution in [3.63, 3.8) is 0 Å². The van der Waals surface area contributed by atoms with Crippen LogP contribution in [-0.4, -0.2) is 39.6 Å². The highest BCUT2D eigenvalue weighted by Crippen LogP contribution is 2.20. The first-order chi connectivity index (χ1) is 15.1. The molecule has 0 fully saturated rings. The van der Waals surface area contributed by atoms with E-state index < -0.39 is 11.7 Å². The molecule has 3 aromatic rings. The number of nitrogens with zero attached hydrogens (tertiary/aromatic N) is 2. The highest BCUT2D eigenvalue weighted by atomic mass is 32.1. The average molecular weight is 456 g/mol. The highest BCUT2D eigenvalue weighted by molar-refractivity contribution is 7.80. The lowest BCUT2D eigenvalue weighted by molar-refractivity contribution is -0.121. The quantitative estimate of drug-likeness (QED) is 0.406. The molecule has 0 saturated carbocycles. The number of anilines is 1. The lowest BCUT2D eigenvalue weighted by Crippen LogP contribution is -2.44. The van der Waals surface area contributed by atoms with Gasteiger partial charge in [-0.2, -0.15) is 9.78 Å². The molecule has 0 aliphatic heterocycles. The van der Waals surface area contributed by atoms with Gasteiger partial charge in [0, 0.05) is 11.1 Å². The zero-order chi connectivity index (χ0) is 23.3. The van der Waals surface area contributed by atoms with Crippen LogP contribution in [0.1, 0.15) is 26.3 Å². The molecule has 0 spiro atoms. The van der Waals surface area contributed by atoms with Crippen molar-refractivity contribution in [1.82, 2.24) is 20.6 Å². The van der Waals surface area contributed by atoms with Gasteiger partial charge in [0.1, 0.15) is 11.4 Å². The van der Waals surface area contributed by atoms with Crippen LogP contribution < -0.4 is 20.9 Å². The van der Waals surface area contributed by atoms with Crippen LogP contribution >= 0.6 is 12.2 Å². The van der Waals surface area contributed by atoms with Gasteiger partial charge >= 0.3 is 6.09 Å². The Kier molecular flexibility index (Phi) is 6.94. The van der Waals surface area contributed by atoms with E-state index in [-0.39, 0.29) is 17.4 Å². The van der Waals surface area contributed by atoms with Crippen molar-refractivity contribution < 1.29 is 19.1 Å². The van der Waals surface area contributed by atoms with Crippen LogP contribution in [0.4, 0.5) is 10.5 Å². The summed E-state index contributed by atoms with van der Waals surface area (Å²) in [7, 11) is 1.57. The predicted octanol–water partition coefficient (Wildman–Crippen LogP) is 3.39. The van der Waals surface area contributed by atoms with E-state index in [1.54, 1.807) is 58.3 Å². The molecule has 9 nitrogen and oxygen atoms in total. The van der Waals surface area contributed by atoms with Crippen LogP contribution in [0.2, 0.25) is 0 Å². The summed E-state index contributed by atoms with van der Waals surface area (Å²) in [6, 6.07) is 12.5. The second-order valence-corrected chi connectivity index (χ2v) is 8.37. The van der Waals surface area contributed by atoms with E-state index in [2.05, 4.69) is 21.3 Å². The Morgan fingerprint density at radius 2 is 1.91 bits per heavy atom. The van der Waals surface area contributed by atoms with E-state index in [9.17, 15) is 9.59 Å². The van der Waals surface area contributed by atoms with Gasteiger partial charge < -0.3 is 14.8 Å². The zero-order valence-corrected chi connectivity index (χ0v) is 19.1. The Balaban J connectivity index is 1.56. The second kappa shape index (κ2) is 9.65. The number of amides is 1. The molecular formula is C22H25N5O4S. The van der Waals surface area contributed by atoms with E-state index in [4.69, 9.17) is 21.7 Å². The van der Waals surface area contributed by atoms with E-state index >= 15 is 0 Å². The fourth-order valence-corrected chi connectivity index (χ4v) is 3.03. The van der Waals surface area contributed by atoms with Gasteiger partial charge in [-0.25, -0.2) is 4.79 Å². The van der Waals surface area contributed by atoms with Crippen molar-refractivity contribution in [1.29, 1.82) is 0 Å². The number of hydrogen-bond donors (Lipinski definition) is 3. The van der Waals surface area contributed by atoms with Crippen LogP contribution in [0.25, 0.3) is 10.9 Å². The summed E-state index contributed by atoms with van der Waals surface area (Å²) < 4.78 is 11.7. The molecule has 1 heterocycles. The number of ether oxygens (including phenoxy) is 2. The maximum atomic E-state index is 12.3. The molecule has 3 N–H and O–H groups in total. The van der Waals surface area contributed by atoms with Crippen LogP contribution in [0.15, 0.2) is 48.7 Å². The smallest absolute Gasteiger partial charge is 0.435 e. The van der Waals surface area contributed by atoms with Gasteiger partial charge in [0.15, 0.2) is 5.11 Å². The van der Waals surface area contributed by atoms with Crippen molar-refractivity contribution in [3.05, 3.63) is 54.2 Å². The monoisotopic (exact) mass is 455 g/mol. The van der Waals surface area contributed by atoms with Gasteiger partial charge in [-0.15, -0.1) is 0 Å². The van der Waals surface area contributed by atoms with Crippen molar-refractivity contribution in [2.45, 2.75) is 32.8 Å². The predicted molar refractivity (Wildman–Crippen MR) is 126 cm³/mol. The first-order valence-electron chi connectivity index (χ1n) is 9.84. The number of hydrogen-bond acceptors (Lipinski definition) is 6. The lowest BCUT2D eigenvalue weighted by atomic mass is 10.1. The zero-order valence-electron chi connectivity index (χ0n) is 18.3. The minimum absolute atomic E-state index is 0.169. The summed E-state index contributed by atoms with van der Waals surface area (Å²) in [6.45, 7) is 5.38. The largest absolute Gasteiger partial charge is 0.497 e. The Labute approximate surface area is 191 Å². The molecule has 3 rings (SSSR count). The molecule has 10 heteroatoms. The van der Waals surface area contributed by atoms with Gasteiger partial charge in [-0.3, -0.25) is 15.6 Å². The number of carbonyl (C=O) groups is 2. The second-order valence-electron chi connectivity index (χ2n) is 7.97. The molecular weight excluding hydrogens is 430 g/mol. The number of rotatable bonds is 4. The Morgan fingerprint density at radius 3 is 2.62 bits per heavy atom. The number of thiocarbonyl (C=S) groups is 1. The molecule has 168 valence electrons. The Hall–Kier alpha value is -3.66. The van der Waals surface area contributed by atoms with Crippen molar-refractivity contribution >= 4 is 45.9 Å². The van der Waals surface area contributed by atoms with Crippen LogP contribution in [0, 0.1) is 0 Å². The van der Waals surface area contributed by atoms with E-state index in [1.807, 2.05) is 18.2 Å². The highest BCUT2D eigenvalue weighted by Gasteiger charge is 2.20. The lowest BCUT2D eigenvalue weighted by Gasteiger charge is -2.19. The molecule has 2 aromatic carbocycles. The van der Waals surface area contributed by atoms with Crippen LogP contribution in [0.3, 0.4) is 0 Å². The summed E-state index contributed by atoms with van der Waals surface area (Å²) in [4.78, 5) is 24.5. The summed E-state index contributed by atoms with van der Waals surface area (Å²) >= 11 is 5.24. The van der Waals surface area contributed by atoms with Gasteiger partial charge in [-0.05, 0) is 68.9 Å². The standard InChI is InChI=1S/C22H25N5O4S/c1-22(2,3)31-21(29)27-18-9-8-16(12-15(18)13-23-27)24-20(32)26-25-19(28)11-14-6-5-7-17(10-14)30-4/h5-10,12-13H,11H2,1-4H3,(H,25,28)(H2,24,26,32). The maximum Gasteiger partial charge on any atom is 0.435 e. The number of benzene rings is 2. The van der Waals surface area contributed by atoms with Crippen molar-refractivity contribution in [2.75, 3.05) is 12.4 Å². The third-order valence-corrected chi connectivity index (χ3v) is 4.41.